The lowest BCUT2D eigenvalue weighted by Crippen LogP contribution is -1.90. The molecule has 0 saturated heterocycles. The van der Waals surface area contributed by atoms with Crippen molar-refractivity contribution in [2.24, 2.45) is 0 Å². The molecule has 0 unspecified atom stereocenters. The largest absolute Gasteiger partial charge is 0.295 e. The smallest absolute Gasteiger partial charge is 0.159 e. The van der Waals surface area contributed by atoms with Crippen molar-refractivity contribution in [1.82, 2.24) is 0 Å². The van der Waals surface area contributed by atoms with Crippen molar-refractivity contribution in [3.63, 3.8) is 0 Å². The van der Waals surface area contributed by atoms with E-state index >= 15 is 0 Å². The van der Waals surface area contributed by atoms with E-state index in [1.807, 2.05) is 25.2 Å². The molecule has 58 valence electrons. The molecule has 0 saturated carbocycles. The first-order chi connectivity index (χ1) is 5.29. The van der Waals surface area contributed by atoms with Gasteiger partial charge in [0.25, 0.3) is 0 Å². The van der Waals surface area contributed by atoms with Crippen LogP contribution in [0.3, 0.4) is 0 Å². The molecule has 1 nitrogen and oxygen atoms in total. The lowest BCUT2D eigenvalue weighted by molar-refractivity contribution is -0.113. The monoisotopic (exact) mass is 148 g/mol. The third kappa shape index (κ3) is 2.99. The van der Waals surface area contributed by atoms with Crippen molar-refractivity contribution < 1.29 is 4.79 Å². The van der Waals surface area contributed by atoms with E-state index in [1.54, 1.807) is 6.08 Å². The summed E-state index contributed by atoms with van der Waals surface area (Å²) in [5.74, 6) is 0.197. The highest BCUT2D eigenvalue weighted by Crippen LogP contribution is 2.04. The first-order valence-electron chi connectivity index (χ1n) is 3.81. The van der Waals surface area contributed by atoms with E-state index in [0.717, 1.165) is 12.0 Å². The van der Waals surface area contributed by atoms with Crippen molar-refractivity contribution in [2.45, 2.75) is 19.8 Å². The molecular formula is C10H12O. The second-order valence-electron chi connectivity index (χ2n) is 2.72. The van der Waals surface area contributed by atoms with Crippen LogP contribution < -0.4 is 0 Å². The van der Waals surface area contributed by atoms with Crippen LogP contribution >= 0.6 is 0 Å². The van der Waals surface area contributed by atoms with Crippen LogP contribution in [0.4, 0.5) is 0 Å². The molecule has 1 heteroatoms. The van der Waals surface area contributed by atoms with Gasteiger partial charge in [0, 0.05) is 6.42 Å². The molecule has 0 heterocycles. The van der Waals surface area contributed by atoms with Crippen LogP contribution in [0.5, 0.6) is 0 Å². The Morgan fingerprint density at radius 2 is 1.82 bits per heavy atom. The molecule has 11 heavy (non-hydrogen) atoms. The van der Waals surface area contributed by atoms with Gasteiger partial charge in [-0.3, -0.25) is 4.79 Å². The Labute approximate surface area is 67.1 Å². The van der Waals surface area contributed by atoms with Gasteiger partial charge in [-0.2, -0.15) is 0 Å². The molecule has 0 N–H and O–H groups in total. The van der Waals surface area contributed by atoms with Crippen LogP contribution in [0.15, 0.2) is 36.0 Å². The predicted molar refractivity (Wildman–Crippen MR) is 46.3 cm³/mol. The highest BCUT2D eigenvalue weighted by Gasteiger charge is 1.95. The van der Waals surface area contributed by atoms with Crippen molar-refractivity contribution in [2.75, 3.05) is 0 Å². The summed E-state index contributed by atoms with van der Waals surface area (Å²) in [6.07, 6.45) is 11.0. The summed E-state index contributed by atoms with van der Waals surface area (Å²) >= 11 is 0. The normalized spacial score (nSPS) is 18.6. The average molecular weight is 148 g/mol. The molecule has 0 bridgehead atoms. The lowest BCUT2D eigenvalue weighted by Gasteiger charge is -1.92. The SMILES string of the molecule is CC1=CC(=O)CC=CC=CC1. The highest BCUT2D eigenvalue weighted by molar-refractivity contribution is 5.91. The predicted octanol–water partition coefficient (Wildman–Crippen LogP) is 2.41. The second kappa shape index (κ2) is 3.91. The quantitative estimate of drug-likeness (QED) is 0.515. The van der Waals surface area contributed by atoms with E-state index in [9.17, 15) is 4.79 Å². The molecule has 0 fully saturated rings. The maximum atomic E-state index is 11.0. The Bertz CT molecular complexity index is 231. The number of ketones is 1. The number of carbonyl (C=O) groups is 1. The topological polar surface area (TPSA) is 17.1 Å². The average Bonchev–Trinajstić information content (AvgIpc) is 2.02. The zero-order chi connectivity index (χ0) is 8.10. The van der Waals surface area contributed by atoms with E-state index in [0.29, 0.717) is 6.42 Å². The van der Waals surface area contributed by atoms with Gasteiger partial charge in [-0.15, -0.1) is 0 Å². The van der Waals surface area contributed by atoms with E-state index in [2.05, 4.69) is 6.08 Å². The minimum atomic E-state index is 0.197. The lowest BCUT2D eigenvalue weighted by atomic mass is 10.1. The van der Waals surface area contributed by atoms with Gasteiger partial charge in [0.2, 0.25) is 0 Å². The number of rotatable bonds is 0. The fraction of sp³-hybridized carbons (Fsp3) is 0.300. The van der Waals surface area contributed by atoms with E-state index < -0.39 is 0 Å². The molecule has 0 aliphatic heterocycles. The summed E-state index contributed by atoms with van der Waals surface area (Å²) in [6, 6.07) is 0. The fourth-order valence-electron chi connectivity index (χ4n) is 0.988. The van der Waals surface area contributed by atoms with Gasteiger partial charge in [-0.25, -0.2) is 0 Å². The Morgan fingerprint density at radius 1 is 1.18 bits per heavy atom. The van der Waals surface area contributed by atoms with Crippen molar-refractivity contribution in [3.05, 3.63) is 36.0 Å². The number of hydrogen-bond acceptors (Lipinski definition) is 1. The highest BCUT2D eigenvalue weighted by atomic mass is 16.1. The summed E-state index contributed by atoms with van der Waals surface area (Å²) in [5, 5.41) is 0. The van der Waals surface area contributed by atoms with Crippen molar-refractivity contribution in [1.29, 1.82) is 0 Å². The van der Waals surface area contributed by atoms with Gasteiger partial charge in [0.1, 0.15) is 0 Å². The Balaban J connectivity index is 2.73. The summed E-state index contributed by atoms with van der Waals surface area (Å²) in [6.45, 7) is 1.98. The summed E-state index contributed by atoms with van der Waals surface area (Å²) in [5.41, 5.74) is 1.13. The Morgan fingerprint density at radius 3 is 2.55 bits per heavy atom. The third-order valence-corrected chi connectivity index (χ3v) is 1.55. The van der Waals surface area contributed by atoms with Gasteiger partial charge in [-0.1, -0.05) is 29.9 Å². The van der Waals surface area contributed by atoms with E-state index in [-0.39, 0.29) is 5.78 Å². The van der Waals surface area contributed by atoms with Crippen LogP contribution in [0.25, 0.3) is 0 Å². The van der Waals surface area contributed by atoms with Gasteiger partial charge < -0.3 is 0 Å². The molecule has 0 radical (unpaired) electrons. The zero-order valence-electron chi connectivity index (χ0n) is 6.71. The minimum absolute atomic E-state index is 0.197. The maximum absolute atomic E-state index is 11.0. The van der Waals surface area contributed by atoms with Gasteiger partial charge in [0.05, 0.1) is 0 Å². The van der Waals surface area contributed by atoms with E-state index in [1.165, 1.54) is 0 Å². The fourth-order valence-corrected chi connectivity index (χ4v) is 0.988. The standard InChI is InChI=1S/C10H12O/c1-9-6-4-2-3-5-7-10(11)8-9/h2-5,8H,6-7H2,1H3. The molecule has 1 rings (SSSR count). The van der Waals surface area contributed by atoms with Crippen molar-refractivity contribution in [3.8, 4) is 0 Å². The summed E-state index contributed by atoms with van der Waals surface area (Å²) in [7, 11) is 0. The molecule has 1 aliphatic rings. The number of hydrogen-bond donors (Lipinski definition) is 0. The summed E-state index contributed by atoms with van der Waals surface area (Å²) < 4.78 is 0. The van der Waals surface area contributed by atoms with Gasteiger partial charge in [0.15, 0.2) is 5.78 Å². The molecule has 0 atom stereocenters. The zero-order valence-corrected chi connectivity index (χ0v) is 6.71. The Hall–Kier alpha value is -1.11. The molecule has 0 aromatic carbocycles. The maximum Gasteiger partial charge on any atom is 0.159 e. The summed E-state index contributed by atoms with van der Waals surface area (Å²) in [4.78, 5) is 11.0. The molecule has 0 aromatic rings. The van der Waals surface area contributed by atoms with Crippen LogP contribution in [-0.2, 0) is 4.79 Å². The van der Waals surface area contributed by atoms with Crippen LogP contribution in [-0.4, -0.2) is 5.78 Å². The molecule has 0 amide bonds. The van der Waals surface area contributed by atoms with Crippen molar-refractivity contribution >= 4 is 5.78 Å². The van der Waals surface area contributed by atoms with Crippen LogP contribution in [0, 0.1) is 0 Å². The molecular weight excluding hydrogens is 136 g/mol. The van der Waals surface area contributed by atoms with Crippen LogP contribution in [0.2, 0.25) is 0 Å². The number of carbonyl (C=O) groups excluding carboxylic acids is 1. The first kappa shape index (κ1) is 7.99. The third-order valence-electron chi connectivity index (χ3n) is 1.55. The van der Waals surface area contributed by atoms with E-state index in [4.69, 9.17) is 0 Å². The number of allylic oxidation sites excluding steroid dienone is 6. The molecule has 0 aromatic heterocycles. The van der Waals surface area contributed by atoms with Gasteiger partial charge in [-0.05, 0) is 19.4 Å². The van der Waals surface area contributed by atoms with Crippen LogP contribution in [0.1, 0.15) is 19.8 Å². The Kier molecular flexibility index (Phi) is 2.84. The first-order valence-corrected chi connectivity index (χ1v) is 3.81. The minimum Gasteiger partial charge on any atom is -0.295 e. The molecule has 1 aliphatic carbocycles. The molecule has 0 spiro atoms. The second-order valence-corrected chi connectivity index (χ2v) is 2.72. The van der Waals surface area contributed by atoms with Gasteiger partial charge >= 0.3 is 0 Å².